The Balaban J connectivity index is 1.76. The molecule has 0 amide bonds. The average molecular weight is 273 g/mol. The summed E-state index contributed by atoms with van der Waals surface area (Å²) in [7, 11) is 0. The first-order chi connectivity index (χ1) is 9.72. The molecule has 1 aromatic rings. The molecule has 0 aromatic carbocycles. The van der Waals surface area contributed by atoms with Crippen LogP contribution in [0.4, 0.5) is 5.82 Å². The molecule has 1 aliphatic carbocycles. The van der Waals surface area contributed by atoms with Gasteiger partial charge in [0.15, 0.2) is 0 Å². The summed E-state index contributed by atoms with van der Waals surface area (Å²) < 4.78 is 0. The Hall–Kier alpha value is -1.09. The van der Waals surface area contributed by atoms with Gasteiger partial charge in [-0.05, 0) is 56.2 Å². The molecule has 3 heteroatoms. The van der Waals surface area contributed by atoms with Crippen molar-refractivity contribution in [3.63, 3.8) is 0 Å². The predicted molar refractivity (Wildman–Crippen MR) is 84.3 cm³/mol. The van der Waals surface area contributed by atoms with Gasteiger partial charge in [0.2, 0.25) is 0 Å². The van der Waals surface area contributed by atoms with Crippen LogP contribution < -0.4 is 10.2 Å². The van der Waals surface area contributed by atoms with Gasteiger partial charge in [-0.1, -0.05) is 19.9 Å². The Kier molecular flexibility index (Phi) is 4.25. The highest BCUT2D eigenvalue weighted by atomic mass is 15.2. The number of rotatable bonds is 5. The molecule has 0 bridgehead atoms. The van der Waals surface area contributed by atoms with E-state index in [1.807, 2.05) is 0 Å². The van der Waals surface area contributed by atoms with Gasteiger partial charge in [0.1, 0.15) is 5.82 Å². The van der Waals surface area contributed by atoms with Crippen LogP contribution in [0.5, 0.6) is 0 Å². The minimum absolute atomic E-state index is 0.642. The van der Waals surface area contributed by atoms with Crippen LogP contribution in [0.1, 0.15) is 44.4 Å². The summed E-state index contributed by atoms with van der Waals surface area (Å²) in [4.78, 5) is 7.44. The first kappa shape index (κ1) is 13.9. The lowest BCUT2D eigenvalue weighted by atomic mass is 10.1. The van der Waals surface area contributed by atoms with E-state index in [9.17, 15) is 0 Å². The Morgan fingerprint density at radius 3 is 2.95 bits per heavy atom. The molecule has 1 atom stereocenters. The van der Waals surface area contributed by atoms with E-state index in [4.69, 9.17) is 4.98 Å². The van der Waals surface area contributed by atoms with E-state index in [0.29, 0.717) is 12.0 Å². The number of anilines is 1. The Morgan fingerprint density at radius 1 is 1.30 bits per heavy atom. The quantitative estimate of drug-likeness (QED) is 0.894. The van der Waals surface area contributed by atoms with Crippen LogP contribution in [0.2, 0.25) is 0 Å². The first-order valence-electron chi connectivity index (χ1n) is 8.19. The lowest BCUT2D eigenvalue weighted by molar-refractivity contribution is 0.537. The molecule has 1 aliphatic heterocycles. The van der Waals surface area contributed by atoms with Crippen molar-refractivity contribution in [1.29, 1.82) is 0 Å². The van der Waals surface area contributed by atoms with E-state index < -0.39 is 0 Å². The van der Waals surface area contributed by atoms with Gasteiger partial charge in [0.25, 0.3) is 0 Å². The number of pyridine rings is 1. The van der Waals surface area contributed by atoms with Crippen molar-refractivity contribution in [1.82, 2.24) is 10.3 Å². The van der Waals surface area contributed by atoms with E-state index in [-0.39, 0.29) is 0 Å². The number of nitrogens with zero attached hydrogens (tertiary/aromatic N) is 2. The number of aryl methyl sites for hydroxylation is 2. The van der Waals surface area contributed by atoms with Crippen LogP contribution >= 0.6 is 0 Å². The molecule has 0 radical (unpaired) electrons. The maximum Gasteiger partial charge on any atom is 0.128 e. The molecular weight excluding hydrogens is 246 g/mol. The summed E-state index contributed by atoms with van der Waals surface area (Å²) in [6.07, 6.45) is 6.29. The summed E-state index contributed by atoms with van der Waals surface area (Å²) >= 11 is 0. The number of hydrogen-bond donors (Lipinski definition) is 1. The highest BCUT2D eigenvalue weighted by Gasteiger charge is 2.21. The lowest BCUT2D eigenvalue weighted by Gasteiger charge is -2.29. The summed E-state index contributed by atoms with van der Waals surface area (Å²) in [5.74, 6) is 1.86. The second-order valence-corrected chi connectivity index (χ2v) is 6.72. The second kappa shape index (κ2) is 6.13. The van der Waals surface area contributed by atoms with E-state index >= 15 is 0 Å². The monoisotopic (exact) mass is 273 g/mol. The van der Waals surface area contributed by atoms with E-state index in [2.05, 4.69) is 36.2 Å². The third-order valence-corrected chi connectivity index (χ3v) is 4.43. The lowest BCUT2D eigenvalue weighted by Crippen LogP contribution is -2.40. The zero-order chi connectivity index (χ0) is 13.9. The normalized spacial score (nSPS) is 21.4. The maximum atomic E-state index is 4.95. The fraction of sp³-hybridized carbons (Fsp3) is 0.706. The molecule has 20 heavy (non-hydrogen) atoms. The molecule has 110 valence electrons. The SMILES string of the molecule is CC(C)CN(CC1CCCN1)c1ccc2c(n1)CCC2. The zero-order valence-electron chi connectivity index (χ0n) is 12.9. The fourth-order valence-electron chi connectivity index (χ4n) is 3.47. The molecule has 0 saturated carbocycles. The van der Waals surface area contributed by atoms with Crippen molar-refractivity contribution in [3.05, 3.63) is 23.4 Å². The molecule has 2 heterocycles. The van der Waals surface area contributed by atoms with Crippen molar-refractivity contribution >= 4 is 5.82 Å². The van der Waals surface area contributed by atoms with Crippen molar-refractivity contribution in [3.8, 4) is 0 Å². The van der Waals surface area contributed by atoms with Crippen molar-refractivity contribution in [2.75, 3.05) is 24.5 Å². The van der Waals surface area contributed by atoms with Crippen molar-refractivity contribution in [2.24, 2.45) is 5.92 Å². The van der Waals surface area contributed by atoms with Crippen LogP contribution in [0, 0.1) is 5.92 Å². The number of fused-ring (bicyclic) bond motifs is 1. The molecule has 1 aromatic heterocycles. The summed E-state index contributed by atoms with van der Waals surface area (Å²) in [6, 6.07) is 5.19. The first-order valence-corrected chi connectivity index (χ1v) is 8.19. The van der Waals surface area contributed by atoms with Gasteiger partial charge in [0, 0.05) is 24.8 Å². The second-order valence-electron chi connectivity index (χ2n) is 6.72. The van der Waals surface area contributed by atoms with Crippen LogP contribution in [0.3, 0.4) is 0 Å². The predicted octanol–water partition coefficient (Wildman–Crippen LogP) is 2.78. The van der Waals surface area contributed by atoms with Gasteiger partial charge >= 0.3 is 0 Å². The van der Waals surface area contributed by atoms with E-state index in [1.54, 1.807) is 0 Å². The third-order valence-electron chi connectivity index (χ3n) is 4.43. The molecular formula is C17H27N3. The third kappa shape index (κ3) is 3.14. The van der Waals surface area contributed by atoms with Crippen LogP contribution in [0.15, 0.2) is 12.1 Å². The van der Waals surface area contributed by atoms with Crippen LogP contribution in [-0.4, -0.2) is 30.7 Å². The zero-order valence-corrected chi connectivity index (χ0v) is 12.9. The standard InChI is InChI=1S/C17H27N3/c1-13(2)11-20(12-15-6-4-10-18-15)17-9-8-14-5-3-7-16(14)19-17/h8-9,13,15,18H,3-7,10-12H2,1-2H3. The fourth-order valence-corrected chi connectivity index (χ4v) is 3.47. The molecule has 3 nitrogen and oxygen atoms in total. The number of aromatic nitrogens is 1. The van der Waals surface area contributed by atoms with E-state index in [1.165, 1.54) is 55.7 Å². The van der Waals surface area contributed by atoms with E-state index in [0.717, 1.165) is 13.1 Å². The summed E-state index contributed by atoms with van der Waals surface area (Å²) in [6.45, 7) is 7.97. The Labute approximate surface area is 122 Å². The van der Waals surface area contributed by atoms with Gasteiger partial charge in [-0.2, -0.15) is 0 Å². The smallest absolute Gasteiger partial charge is 0.128 e. The number of hydrogen-bond acceptors (Lipinski definition) is 3. The van der Waals surface area contributed by atoms with Crippen molar-refractivity contribution in [2.45, 2.75) is 52.0 Å². The van der Waals surface area contributed by atoms with Crippen LogP contribution in [0.25, 0.3) is 0 Å². The molecule has 3 rings (SSSR count). The average Bonchev–Trinajstić information content (AvgIpc) is 3.07. The van der Waals surface area contributed by atoms with Gasteiger partial charge in [-0.3, -0.25) is 0 Å². The molecule has 2 aliphatic rings. The highest BCUT2D eigenvalue weighted by molar-refractivity contribution is 5.43. The van der Waals surface area contributed by atoms with Crippen molar-refractivity contribution < 1.29 is 0 Å². The molecule has 1 N–H and O–H groups in total. The van der Waals surface area contributed by atoms with Gasteiger partial charge < -0.3 is 10.2 Å². The maximum absolute atomic E-state index is 4.95. The molecule has 1 saturated heterocycles. The Bertz CT molecular complexity index is 450. The highest BCUT2D eigenvalue weighted by Crippen LogP contribution is 2.24. The topological polar surface area (TPSA) is 28.2 Å². The van der Waals surface area contributed by atoms with Gasteiger partial charge in [0.05, 0.1) is 0 Å². The van der Waals surface area contributed by atoms with Gasteiger partial charge in [-0.25, -0.2) is 4.98 Å². The minimum atomic E-state index is 0.642. The number of nitrogens with one attached hydrogen (secondary N) is 1. The van der Waals surface area contributed by atoms with Gasteiger partial charge in [-0.15, -0.1) is 0 Å². The molecule has 0 spiro atoms. The Morgan fingerprint density at radius 2 is 2.20 bits per heavy atom. The summed E-state index contributed by atoms with van der Waals surface area (Å²) in [5.41, 5.74) is 2.81. The minimum Gasteiger partial charge on any atom is -0.355 e. The largest absolute Gasteiger partial charge is 0.355 e. The summed E-state index contributed by atoms with van der Waals surface area (Å²) in [5, 5.41) is 3.61. The van der Waals surface area contributed by atoms with Crippen LogP contribution in [-0.2, 0) is 12.8 Å². The molecule has 1 unspecified atom stereocenters. The molecule has 1 fully saturated rings.